The summed E-state index contributed by atoms with van der Waals surface area (Å²) in [6.07, 6.45) is 3.50. The van der Waals surface area contributed by atoms with Crippen LogP contribution < -0.4 is 10.9 Å². The maximum absolute atomic E-state index is 12.4. The molecular weight excluding hydrogens is 294 g/mol. The van der Waals surface area contributed by atoms with Crippen LogP contribution >= 0.6 is 0 Å². The van der Waals surface area contributed by atoms with Crippen LogP contribution in [0.5, 0.6) is 0 Å². The van der Waals surface area contributed by atoms with Gasteiger partial charge in [0.1, 0.15) is 0 Å². The predicted molar refractivity (Wildman–Crippen MR) is 86.3 cm³/mol. The lowest BCUT2D eigenvalue weighted by molar-refractivity contribution is 0.0949. The van der Waals surface area contributed by atoms with E-state index in [-0.39, 0.29) is 17.1 Å². The summed E-state index contributed by atoms with van der Waals surface area (Å²) in [6, 6.07) is 9.42. The lowest BCUT2D eigenvalue weighted by Gasteiger charge is -2.03. The molecule has 3 rings (SSSR count). The van der Waals surface area contributed by atoms with E-state index in [2.05, 4.69) is 20.6 Å². The average Bonchev–Trinajstić information content (AvgIpc) is 3.00. The minimum absolute atomic E-state index is 0.0435. The first-order valence-corrected chi connectivity index (χ1v) is 7.52. The van der Waals surface area contributed by atoms with Gasteiger partial charge in [-0.3, -0.25) is 9.59 Å². The third-order valence-electron chi connectivity index (χ3n) is 3.52. The molecule has 0 atom stereocenters. The van der Waals surface area contributed by atoms with Gasteiger partial charge in [-0.25, -0.2) is 4.52 Å². The fourth-order valence-corrected chi connectivity index (χ4v) is 2.31. The molecule has 7 nitrogen and oxygen atoms in total. The normalized spacial score (nSPS) is 10.8. The standard InChI is InChI=1S/C16H17N5O2/c1-2-3-9-17-15(22)13-14-16(23)18-12(10-21(14)20-19-13)11-7-5-4-6-8-11/h4-8,10H,2-3,9H2,1H3,(H,17,22)(H,18,23). The molecule has 0 aliphatic rings. The van der Waals surface area contributed by atoms with Crippen LogP contribution in [0.15, 0.2) is 41.3 Å². The molecule has 1 aromatic carbocycles. The summed E-state index contributed by atoms with van der Waals surface area (Å²) >= 11 is 0. The van der Waals surface area contributed by atoms with Crippen molar-refractivity contribution in [3.63, 3.8) is 0 Å². The molecule has 0 saturated heterocycles. The van der Waals surface area contributed by atoms with Gasteiger partial charge in [0.25, 0.3) is 11.5 Å². The number of aromatic nitrogens is 4. The van der Waals surface area contributed by atoms with Gasteiger partial charge in [-0.1, -0.05) is 48.9 Å². The molecule has 2 N–H and O–H groups in total. The number of hydrogen-bond donors (Lipinski definition) is 2. The highest BCUT2D eigenvalue weighted by atomic mass is 16.2. The molecule has 23 heavy (non-hydrogen) atoms. The minimum Gasteiger partial charge on any atom is -0.351 e. The molecule has 0 radical (unpaired) electrons. The molecule has 0 aliphatic carbocycles. The van der Waals surface area contributed by atoms with Gasteiger partial charge < -0.3 is 10.3 Å². The Labute approximate surface area is 132 Å². The number of carbonyl (C=O) groups excluding carboxylic acids is 1. The Bertz CT molecular complexity index is 882. The van der Waals surface area contributed by atoms with Crippen LogP contribution in [0.4, 0.5) is 0 Å². The number of rotatable bonds is 5. The zero-order chi connectivity index (χ0) is 16.2. The summed E-state index contributed by atoms with van der Waals surface area (Å²) in [5.41, 5.74) is 1.28. The predicted octanol–water partition coefficient (Wildman–Crippen LogP) is 1.61. The third-order valence-corrected chi connectivity index (χ3v) is 3.52. The Kier molecular flexibility index (Phi) is 4.18. The number of amides is 1. The molecule has 0 unspecified atom stereocenters. The van der Waals surface area contributed by atoms with Crippen LogP contribution in [0.1, 0.15) is 30.3 Å². The van der Waals surface area contributed by atoms with Crippen LogP contribution in [0.25, 0.3) is 16.8 Å². The maximum atomic E-state index is 12.4. The molecule has 118 valence electrons. The number of H-pyrrole nitrogens is 1. The summed E-state index contributed by atoms with van der Waals surface area (Å²) in [5, 5.41) is 10.5. The van der Waals surface area contributed by atoms with Gasteiger partial charge in [-0.15, -0.1) is 5.10 Å². The molecule has 7 heteroatoms. The van der Waals surface area contributed by atoms with Gasteiger partial charge in [-0.2, -0.15) is 0 Å². The van der Waals surface area contributed by atoms with Crippen molar-refractivity contribution < 1.29 is 4.79 Å². The summed E-state index contributed by atoms with van der Waals surface area (Å²) in [5.74, 6) is -0.383. The van der Waals surface area contributed by atoms with E-state index in [0.29, 0.717) is 12.2 Å². The Hall–Kier alpha value is -2.96. The number of aromatic amines is 1. The topological polar surface area (TPSA) is 92.2 Å². The number of benzene rings is 1. The molecule has 2 heterocycles. The van der Waals surface area contributed by atoms with Crippen molar-refractivity contribution in [2.75, 3.05) is 6.54 Å². The number of unbranched alkanes of at least 4 members (excludes halogenated alkanes) is 1. The van der Waals surface area contributed by atoms with E-state index in [0.717, 1.165) is 18.4 Å². The fourth-order valence-electron chi connectivity index (χ4n) is 2.31. The van der Waals surface area contributed by atoms with E-state index < -0.39 is 5.56 Å². The van der Waals surface area contributed by atoms with E-state index >= 15 is 0 Å². The van der Waals surface area contributed by atoms with Gasteiger partial charge in [0.05, 0.1) is 11.9 Å². The van der Waals surface area contributed by atoms with Crippen molar-refractivity contribution >= 4 is 11.4 Å². The van der Waals surface area contributed by atoms with E-state index in [1.54, 1.807) is 6.20 Å². The zero-order valence-corrected chi connectivity index (χ0v) is 12.7. The first-order chi connectivity index (χ1) is 11.2. The Morgan fingerprint density at radius 2 is 2.09 bits per heavy atom. The van der Waals surface area contributed by atoms with Crippen molar-refractivity contribution in [1.29, 1.82) is 0 Å². The zero-order valence-electron chi connectivity index (χ0n) is 12.7. The van der Waals surface area contributed by atoms with Crippen molar-refractivity contribution in [2.45, 2.75) is 19.8 Å². The van der Waals surface area contributed by atoms with Crippen LogP contribution in [0.2, 0.25) is 0 Å². The minimum atomic E-state index is -0.392. The largest absolute Gasteiger partial charge is 0.351 e. The second-order valence-corrected chi connectivity index (χ2v) is 5.20. The van der Waals surface area contributed by atoms with Crippen LogP contribution in [-0.4, -0.2) is 32.3 Å². The van der Waals surface area contributed by atoms with Gasteiger partial charge in [-0.05, 0) is 12.0 Å². The summed E-state index contributed by atoms with van der Waals surface area (Å²) in [6.45, 7) is 2.59. The van der Waals surface area contributed by atoms with Crippen LogP contribution in [-0.2, 0) is 0 Å². The molecule has 1 amide bonds. The highest BCUT2D eigenvalue weighted by Gasteiger charge is 2.18. The number of nitrogens with one attached hydrogen (secondary N) is 2. The summed E-state index contributed by atoms with van der Waals surface area (Å²) in [4.78, 5) is 27.3. The Balaban J connectivity index is 1.99. The molecule has 0 aliphatic heterocycles. The van der Waals surface area contributed by atoms with E-state index in [1.807, 2.05) is 37.3 Å². The Morgan fingerprint density at radius 3 is 2.83 bits per heavy atom. The SMILES string of the molecule is CCCCNC(=O)c1nnn2cc(-c3ccccc3)[nH]c(=O)c12. The quantitative estimate of drug-likeness (QED) is 0.700. The number of carbonyl (C=O) groups is 1. The molecule has 0 bridgehead atoms. The first kappa shape index (κ1) is 15.0. The molecule has 0 fully saturated rings. The van der Waals surface area contributed by atoms with Crippen molar-refractivity contribution in [3.8, 4) is 11.3 Å². The number of fused-ring (bicyclic) bond motifs is 1. The maximum Gasteiger partial charge on any atom is 0.276 e. The lowest BCUT2D eigenvalue weighted by atomic mass is 10.2. The van der Waals surface area contributed by atoms with Crippen molar-refractivity contribution in [1.82, 2.24) is 25.1 Å². The fraction of sp³-hybridized carbons (Fsp3) is 0.250. The average molecular weight is 311 g/mol. The molecule has 0 spiro atoms. The monoisotopic (exact) mass is 311 g/mol. The van der Waals surface area contributed by atoms with E-state index in [9.17, 15) is 9.59 Å². The van der Waals surface area contributed by atoms with Gasteiger partial charge >= 0.3 is 0 Å². The van der Waals surface area contributed by atoms with E-state index in [4.69, 9.17) is 0 Å². The van der Waals surface area contributed by atoms with E-state index in [1.165, 1.54) is 4.52 Å². The summed E-state index contributed by atoms with van der Waals surface area (Å²) in [7, 11) is 0. The second kappa shape index (κ2) is 6.43. The molecule has 0 saturated carbocycles. The van der Waals surface area contributed by atoms with Crippen molar-refractivity contribution in [3.05, 3.63) is 52.6 Å². The van der Waals surface area contributed by atoms with Gasteiger partial charge in [0.2, 0.25) is 0 Å². The highest BCUT2D eigenvalue weighted by Crippen LogP contribution is 2.15. The van der Waals surface area contributed by atoms with Gasteiger partial charge in [0.15, 0.2) is 11.2 Å². The number of hydrogen-bond acceptors (Lipinski definition) is 4. The second-order valence-electron chi connectivity index (χ2n) is 5.20. The molecular formula is C16H17N5O2. The lowest BCUT2D eigenvalue weighted by Crippen LogP contribution is -2.26. The molecule has 2 aromatic heterocycles. The first-order valence-electron chi connectivity index (χ1n) is 7.52. The highest BCUT2D eigenvalue weighted by molar-refractivity contribution is 5.98. The van der Waals surface area contributed by atoms with Crippen LogP contribution in [0, 0.1) is 0 Å². The molecule has 3 aromatic rings. The smallest absolute Gasteiger partial charge is 0.276 e. The van der Waals surface area contributed by atoms with Crippen LogP contribution in [0.3, 0.4) is 0 Å². The summed E-state index contributed by atoms with van der Waals surface area (Å²) < 4.78 is 1.34. The third kappa shape index (κ3) is 2.98. The Morgan fingerprint density at radius 1 is 1.30 bits per heavy atom. The number of nitrogens with zero attached hydrogens (tertiary/aromatic N) is 3. The van der Waals surface area contributed by atoms with Gasteiger partial charge in [0, 0.05) is 6.54 Å². The van der Waals surface area contributed by atoms with Crippen molar-refractivity contribution in [2.24, 2.45) is 0 Å².